The Labute approximate surface area is 896 Å². The first-order chi connectivity index (χ1) is 68.0. The molecule has 2 unspecified atom stereocenters. The van der Waals surface area contributed by atoms with Crippen molar-refractivity contribution in [1.82, 2.24) is 0 Å². The maximum atomic E-state index is 10.8. The average Bonchev–Trinajstić information content (AvgIpc) is 0.800. The number of hydrogen-bond donors (Lipinski definition) is 0. The van der Waals surface area contributed by atoms with Crippen LogP contribution in [0.5, 0.6) is 5.75 Å². The quantitative estimate of drug-likeness (QED) is 0.00699. The molecule has 12 aromatic rings. The van der Waals surface area contributed by atoms with Gasteiger partial charge in [-0.1, -0.05) is 157 Å². The van der Waals surface area contributed by atoms with E-state index in [4.69, 9.17) is 9.62 Å². The predicted molar refractivity (Wildman–Crippen MR) is 574 cm³/mol. The van der Waals surface area contributed by atoms with Gasteiger partial charge in [-0.05, 0) is 74.2 Å². The maximum Gasteiger partial charge on any atom is 0.166 e. The van der Waals surface area contributed by atoms with Crippen LogP contribution in [0.4, 0.5) is 0 Å². The van der Waals surface area contributed by atoms with Crippen LogP contribution in [-0.4, -0.2) is 72.5 Å². The summed E-state index contributed by atoms with van der Waals surface area (Å²) in [5, 5.41) is 0. The van der Waals surface area contributed by atoms with E-state index in [1.54, 1.807) is 36.4 Å². The SMILES string of the molecule is C=CCCOOC.C=CCCOOC.CC(C)(C)c1ccc([I-]c2ccc(C(C)(C)C)cc2)cc1.CCC(C)(C)c1ccc([I-]c2ccc(C(C)(C)CC)cc2)cc1.CCC1COO1.CCCCCCCCCCCC1COO1.CCCCOc1ccc([I-]c2ccccc2)cc1.COC(=O)c1ccccc1.Cc1ccc([I-]c2ccc(C)cc2)cc1.c1ccc([S+](c2ccccc2)c2ccccc2)cc1. The van der Waals surface area contributed by atoms with Crippen LogP contribution in [0.3, 0.4) is 0 Å². The van der Waals surface area contributed by atoms with Gasteiger partial charge in [0.2, 0.25) is 0 Å². The fraction of sp³-hybridized carbons (Fsp3) is 0.384. The summed E-state index contributed by atoms with van der Waals surface area (Å²) in [6.45, 7) is 48.8. The number of aryl methyl sites for hydroxylation is 2. The molecule has 2 fully saturated rings. The van der Waals surface area contributed by atoms with E-state index in [0.29, 0.717) is 31.0 Å². The number of benzene rings is 12. The number of halogens is 4. The summed E-state index contributed by atoms with van der Waals surface area (Å²) in [4.78, 5) is 51.0. The average molecular weight is 2380 g/mol. The second kappa shape index (κ2) is 73.4. The van der Waals surface area contributed by atoms with Gasteiger partial charge in [0.05, 0.1) is 51.0 Å². The second-order valence-corrected chi connectivity index (χ2v) is 51.3. The molecule has 0 aliphatic carbocycles. The Morgan fingerprint density at radius 3 is 0.922 bits per heavy atom. The third-order valence-corrected chi connectivity index (χ3v) is 35.8. The molecule has 0 spiro atoms. The van der Waals surface area contributed by atoms with Crippen molar-refractivity contribution in [1.29, 1.82) is 0 Å². The number of esters is 1. The Kier molecular flexibility index (Phi) is 64.5. The predicted octanol–water partition coefficient (Wildman–Crippen LogP) is 20.5. The van der Waals surface area contributed by atoms with E-state index in [2.05, 4.69) is 461 Å². The first kappa shape index (κ1) is 124. The summed E-state index contributed by atoms with van der Waals surface area (Å²) in [5.74, 6) is 0.699. The molecule has 14 rings (SSSR count). The number of hydrogen-bond acceptors (Lipinski definition) is 11. The van der Waals surface area contributed by atoms with Gasteiger partial charge >= 0.3 is 521 Å². The largest absolute Gasteiger partial charge is 0.166 e. The van der Waals surface area contributed by atoms with E-state index in [1.807, 2.05) is 6.07 Å². The van der Waals surface area contributed by atoms with Crippen LogP contribution >= 0.6 is 0 Å². The molecular weight excluding hydrogens is 2220 g/mol. The Hall–Kier alpha value is -7.66. The fourth-order valence-electron chi connectivity index (χ4n) is 13.0. The monoisotopic (exact) mass is 2380 g/mol. The molecule has 0 bridgehead atoms. The van der Waals surface area contributed by atoms with Crippen LogP contribution in [0.15, 0.2) is 362 Å². The van der Waals surface area contributed by atoms with Gasteiger partial charge in [-0.15, -0.1) is 13.2 Å². The van der Waals surface area contributed by atoms with Crippen molar-refractivity contribution in [3.8, 4) is 5.75 Å². The zero-order valence-electron chi connectivity index (χ0n) is 88.3. The number of methoxy groups -OCH3 is 1. The molecular formula is C125H165I4O11S-3. The summed E-state index contributed by atoms with van der Waals surface area (Å²) in [7, 11) is 4.33. The molecule has 141 heavy (non-hydrogen) atoms. The van der Waals surface area contributed by atoms with Crippen LogP contribution in [0.25, 0.3) is 0 Å². The Morgan fingerprint density at radius 1 is 0.355 bits per heavy atom. The van der Waals surface area contributed by atoms with E-state index in [-0.39, 0.29) is 123 Å². The fourth-order valence-corrected chi connectivity index (χ4v) is 23.8. The molecule has 2 aliphatic heterocycles. The molecule has 0 radical (unpaired) electrons. The van der Waals surface area contributed by atoms with Crippen molar-refractivity contribution in [3.63, 3.8) is 0 Å². The molecule has 768 valence electrons. The van der Waals surface area contributed by atoms with Crippen molar-refractivity contribution in [2.24, 2.45) is 0 Å². The zero-order chi connectivity index (χ0) is 103. The smallest absolute Gasteiger partial charge is 0.0619 e. The van der Waals surface area contributed by atoms with Crippen LogP contribution in [0, 0.1) is 42.4 Å². The van der Waals surface area contributed by atoms with Crippen molar-refractivity contribution in [3.05, 3.63) is 414 Å². The van der Waals surface area contributed by atoms with Gasteiger partial charge in [0.1, 0.15) is 25.4 Å². The van der Waals surface area contributed by atoms with Crippen molar-refractivity contribution < 1.29 is 138 Å². The van der Waals surface area contributed by atoms with Crippen LogP contribution < -0.4 is 89.6 Å². The Balaban J connectivity index is 0.000000283. The normalized spacial score (nSPS) is 12.9. The molecule has 0 aromatic heterocycles. The Bertz CT molecular complexity index is 4870. The van der Waals surface area contributed by atoms with Gasteiger partial charge < -0.3 is 4.74 Å². The summed E-state index contributed by atoms with van der Waals surface area (Å²) in [6, 6.07) is 115. The van der Waals surface area contributed by atoms with Crippen LogP contribution in [0.2, 0.25) is 0 Å². The van der Waals surface area contributed by atoms with Gasteiger partial charge in [-0.3, -0.25) is 0 Å². The summed E-state index contributed by atoms with van der Waals surface area (Å²) in [6.07, 6.45) is 25.5. The van der Waals surface area contributed by atoms with E-state index >= 15 is 0 Å². The first-order valence-corrected chi connectivity index (χ1v) is 60.0. The van der Waals surface area contributed by atoms with Gasteiger partial charge in [-0.25, -0.2) is 43.9 Å². The molecule has 16 heteroatoms. The Morgan fingerprint density at radius 2 is 0.645 bits per heavy atom. The molecule has 0 N–H and O–H groups in total. The molecule has 2 atom stereocenters. The number of rotatable bonds is 39. The van der Waals surface area contributed by atoms with Crippen molar-refractivity contribution in [2.75, 3.05) is 54.4 Å². The van der Waals surface area contributed by atoms with Gasteiger partial charge in [0, 0.05) is 0 Å². The molecule has 11 nitrogen and oxygen atoms in total. The van der Waals surface area contributed by atoms with Crippen molar-refractivity contribution >= 4 is 16.9 Å². The third kappa shape index (κ3) is 53.8. The molecule has 2 saturated heterocycles. The summed E-state index contributed by atoms with van der Waals surface area (Å²) >= 11 is -0.203. The standard InChI is InChI=1S/C22H30I.C20H26I.C18H15S.C16H18IO.C14H14I.C13H26O2.C8H8O2.2C5H10O2.C4H8O2/c1-7-21(3,4)17-9-13-19(14-10-17)23-20-15-11-18(12-16-20)22(5,6)8-2;1-19(2,3)15-7-11-17(12-8-15)21-18-13-9-16(10-14-18)20(4,5)6;1-4-10-16(11-5-1)19(17-12-6-2-7-13-17)18-14-8-3-9-15-18;1-2-3-13-18-16-11-9-15(10-12-16)17-14-7-5-4-6-8-14;1-11-3-7-13(8-4-11)15-14-9-5-12(2)6-10-14;1-2-3-4-5-6-7-8-9-10-11-13-12-14-15-13;1-10-8(9)7-5-3-2-4-6-7;2*1-3-4-5-7-6-2;1-2-4-3-5-6-4/h9-16H,7-8H2,1-6H3;7-14H,1-6H3;1-15H;4-12H,2-3,13H2,1H3;3-10H,1-2H3;13H,2-12H2,1H3;2-6H,1H3;2*3H,1,4-5H2,2H3;4H,2-3H2,1H3/q2*-1;+1;2*-1;;;;;. The summed E-state index contributed by atoms with van der Waals surface area (Å²) in [5.41, 5.74) is 10.0. The topological polar surface area (TPSA) is 109 Å². The number of carbonyl (C=O) groups excluding carboxylic acids is 1. The minimum Gasteiger partial charge on any atom is -0.0619 e. The molecule has 0 amide bonds. The van der Waals surface area contributed by atoms with E-state index in [9.17, 15) is 4.79 Å². The summed E-state index contributed by atoms with van der Waals surface area (Å²) < 4.78 is 22.0. The molecule has 2 heterocycles. The zero-order valence-corrected chi connectivity index (χ0v) is 97.7. The maximum absolute atomic E-state index is 10.8. The molecule has 2 aliphatic rings. The third-order valence-electron chi connectivity index (χ3n) is 22.8. The first-order valence-electron chi connectivity index (χ1n) is 50.1. The van der Waals surface area contributed by atoms with Crippen LogP contribution in [-0.2, 0) is 76.4 Å². The van der Waals surface area contributed by atoms with Crippen molar-refractivity contribution in [2.45, 2.75) is 275 Å². The molecule has 12 aromatic carbocycles. The minimum atomic E-state index is -0.291. The number of carbonyl (C=O) groups is 1. The van der Waals surface area contributed by atoms with Gasteiger partial charge in [0.25, 0.3) is 0 Å². The molecule has 0 saturated carbocycles. The van der Waals surface area contributed by atoms with E-state index in [1.165, 1.54) is 181 Å². The van der Waals surface area contributed by atoms with E-state index < -0.39 is 0 Å². The van der Waals surface area contributed by atoms with Crippen LogP contribution in [0.1, 0.15) is 257 Å². The van der Waals surface area contributed by atoms with E-state index in [0.717, 1.165) is 51.3 Å². The van der Waals surface area contributed by atoms with Gasteiger partial charge in [0.15, 0.2) is 14.7 Å². The second-order valence-electron chi connectivity index (χ2n) is 37.2. The van der Waals surface area contributed by atoms with Gasteiger partial charge in [-0.2, -0.15) is 0 Å². The number of unbranched alkanes of at least 4 members (excludes halogenated alkanes) is 9. The number of ether oxygens (including phenoxy) is 2. The minimum absolute atomic E-state index is 0.00313.